The molecule has 230 valence electrons. The number of aliphatic imine (C=N–C) groups is 2. The Morgan fingerprint density at radius 3 is 1.98 bits per heavy atom. The number of ether oxygens (including phenoxy) is 4. The number of hydrogen-bond donors (Lipinski definition) is 13. The summed E-state index contributed by atoms with van der Waals surface area (Å²) in [5.41, 5.74) is 24.6. The molecule has 3 rings (SSSR count). The Balaban J connectivity index is 1.99. The highest BCUT2D eigenvalue weighted by atomic mass is 16.8. The fraction of sp³-hybridized carbons (Fsp3) is 0.850. The van der Waals surface area contributed by atoms with Gasteiger partial charge in [-0.25, -0.2) is 9.98 Å². The maximum atomic E-state index is 12.0. The van der Waals surface area contributed by atoms with Gasteiger partial charge in [0.2, 0.25) is 11.4 Å². The van der Waals surface area contributed by atoms with Crippen LogP contribution in [0.5, 0.6) is 0 Å². The summed E-state index contributed by atoms with van der Waals surface area (Å²) in [5, 5.41) is 84.0. The summed E-state index contributed by atoms with van der Waals surface area (Å²) in [4.78, 5) is 19.5. The fourth-order valence-corrected chi connectivity index (χ4v) is 4.83. The van der Waals surface area contributed by atoms with Crippen LogP contribution in [0.1, 0.15) is 6.92 Å². The summed E-state index contributed by atoms with van der Waals surface area (Å²) < 4.78 is 22.0. The molecule has 0 spiro atoms. The molecule has 1 aliphatic carbocycles. The molecule has 18 N–H and O–H groups in total. The number of carbonyl (C=O) groups excluding carboxylic acids is 1. The molecule has 0 amide bonds. The van der Waals surface area contributed by atoms with Crippen molar-refractivity contribution >= 4 is 18.2 Å². The summed E-state index contributed by atoms with van der Waals surface area (Å²) in [5.74, 6) is -3.86. The lowest BCUT2D eigenvalue weighted by atomic mass is 9.81. The second kappa shape index (κ2) is 11.9. The average molecular weight is 584 g/mol. The van der Waals surface area contributed by atoms with Crippen molar-refractivity contribution in [3.05, 3.63) is 0 Å². The van der Waals surface area contributed by atoms with Crippen LogP contribution in [0.3, 0.4) is 0 Å². The lowest BCUT2D eigenvalue weighted by Crippen LogP contribution is -2.66. The molecule has 2 saturated heterocycles. The van der Waals surface area contributed by atoms with Crippen LogP contribution in [-0.2, 0) is 23.7 Å². The highest BCUT2D eigenvalue weighted by Gasteiger charge is 2.67. The van der Waals surface area contributed by atoms with Crippen LogP contribution in [-0.4, -0.2) is 157 Å². The van der Waals surface area contributed by atoms with Gasteiger partial charge in [0.05, 0.1) is 12.6 Å². The van der Waals surface area contributed by atoms with Gasteiger partial charge in [-0.3, -0.25) is 4.79 Å². The number of hydrogen-bond acceptors (Lipinski definition) is 16. The Morgan fingerprint density at radius 2 is 1.45 bits per heavy atom. The van der Waals surface area contributed by atoms with E-state index in [1.807, 2.05) is 0 Å². The molecule has 0 aromatic rings. The van der Waals surface area contributed by atoms with Crippen molar-refractivity contribution in [2.24, 2.45) is 38.7 Å². The van der Waals surface area contributed by atoms with Crippen LogP contribution < -0.4 is 28.7 Å². The summed E-state index contributed by atoms with van der Waals surface area (Å²) in [6.45, 7) is 0.0872. The molecular formula is C20H37N7O13. The zero-order chi connectivity index (χ0) is 30.3. The van der Waals surface area contributed by atoms with Gasteiger partial charge < -0.3 is 88.5 Å². The van der Waals surface area contributed by atoms with Gasteiger partial charge in [0.25, 0.3) is 0 Å². The van der Waals surface area contributed by atoms with Crippen LogP contribution in [0.4, 0.5) is 0 Å². The van der Waals surface area contributed by atoms with E-state index in [9.17, 15) is 45.6 Å². The quantitative estimate of drug-likeness (QED) is 0.0716. The standard InChI is InChI=1S/C20H37N7O13/c1-19(35)20(36,3-29)14(39-15-5(21)9(31)8(30)4(2-28)37-15)16(40-19)38-13-7(27-18(24)25)10(32)6(26-17(22)23)11(33)12(13)34/h3-16,28,30-36H,2,21H2,1H3,(H4,22,23,26)(H4,24,25,27)/t4-,5?,6?,7-,8?,9+,10+,11?,12-,13?,14?,15?,16+,19-,20-/m0/s1. The molecular weight excluding hydrogens is 546 g/mol. The molecule has 1 saturated carbocycles. The minimum Gasteiger partial charge on any atom is -0.394 e. The average Bonchev–Trinajstić information content (AvgIpc) is 3.07. The molecule has 7 unspecified atom stereocenters. The molecule has 2 aliphatic heterocycles. The van der Waals surface area contributed by atoms with Crippen molar-refractivity contribution in [2.75, 3.05) is 6.61 Å². The van der Waals surface area contributed by atoms with E-state index in [1.165, 1.54) is 0 Å². The molecule has 20 nitrogen and oxygen atoms in total. The maximum absolute atomic E-state index is 12.0. The largest absolute Gasteiger partial charge is 0.394 e. The SMILES string of the molecule is C[C@]1(O)O[C@@H](OC2[C@@H](O)C(O)C(N=C(N)N)[C@@H](O)[C@@H]2N=C(N)N)C(OC2O[C@@H](CO)C(O)[C@H](O)C2N)[C@@]1(O)C=O. The van der Waals surface area contributed by atoms with Gasteiger partial charge in [0.1, 0.15) is 54.8 Å². The van der Waals surface area contributed by atoms with Crippen molar-refractivity contribution < 1.29 is 64.6 Å². The third-order valence-electron chi connectivity index (χ3n) is 7.12. The number of aliphatic hydroxyl groups is 8. The summed E-state index contributed by atoms with van der Waals surface area (Å²) in [6.07, 6.45) is -18.0. The first-order valence-electron chi connectivity index (χ1n) is 12.0. The van der Waals surface area contributed by atoms with Crippen LogP contribution in [0.15, 0.2) is 9.98 Å². The Kier molecular flexibility index (Phi) is 9.58. The van der Waals surface area contributed by atoms with Crippen LogP contribution in [0, 0.1) is 0 Å². The fourth-order valence-electron chi connectivity index (χ4n) is 4.83. The Labute approximate surface area is 226 Å². The van der Waals surface area contributed by atoms with Crippen molar-refractivity contribution in [1.29, 1.82) is 0 Å². The van der Waals surface area contributed by atoms with Crippen molar-refractivity contribution in [3.63, 3.8) is 0 Å². The Bertz CT molecular complexity index is 965. The normalized spacial score (nSPS) is 49.3. The zero-order valence-corrected chi connectivity index (χ0v) is 21.2. The molecule has 40 heavy (non-hydrogen) atoms. The summed E-state index contributed by atoms with van der Waals surface area (Å²) >= 11 is 0. The van der Waals surface area contributed by atoms with Gasteiger partial charge in [-0.05, 0) is 6.92 Å². The smallest absolute Gasteiger partial charge is 0.205 e. The van der Waals surface area contributed by atoms with Crippen LogP contribution in [0.25, 0.3) is 0 Å². The second-order valence-corrected chi connectivity index (χ2v) is 9.91. The molecule has 15 atom stereocenters. The van der Waals surface area contributed by atoms with E-state index >= 15 is 0 Å². The van der Waals surface area contributed by atoms with E-state index < -0.39 is 109 Å². The van der Waals surface area contributed by atoms with Crippen molar-refractivity contribution in [3.8, 4) is 0 Å². The zero-order valence-electron chi connectivity index (χ0n) is 21.2. The predicted molar refractivity (Wildman–Crippen MR) is 129 cm³/mol. The highest BCUT2D eigenvalue weighted by Crippen LogP contribution is 2.42. The number of rotatable bonds is 8. The first-order chi connectivity index (χ1) is 18.5. The minimum absolute atomic E-state index is 0.131. The topological polar surface area (TPSA) is 371 Å². The summed E-state index contributed by atoms with van der Waals surface area (Å²) in [7, 11) is 0. The predicted octanol–water partition coefficient (Wildman–Crippen LogP) is -9.10. The van der Waals surface area contributed by atoms with E-state index in [1.54, 1.807) is 0 Å². The lowest BCUT2D eigenvalue weighted by Gasteiger charge is -2.45. The number of aldehydes is 1. The molecule has 3 fully saturated rings. The first kappa shape index (κ1) is 32.2. The molecule has 0 aromatic heterocycles. The number of nitrogens with zero attached hydrogens (tertiary/aromatic N) is 2. The van der Waals surface area contributed by atoms with Gasteiger partial charge in [0.15, 0.2) is 36.9 Å². The number of guanidine groups is 2. The molecule has 0 bridgehead atoms. The number of aliphatic hydroxyl groups excluding tert-OH is 6. The van der Waals surface area contributed by atoms with Gasteiger partial charge in [-0.15, -0.1) is 0 Å². The van der Waals surface area contributed by atoms with E-state index in [-0.39, 0.29) is 6.29 Å². The summed E-state index contributed by atoms with van der Waals surface area (Å²) in [6, 6.07) is -4.64. The van der Waals surface area contributed by atoms with E-state index in [0.29, 0.717) is 0 Å². The van der Waals surface area contributed by atoms with Gasteiger partial charge in [-0.2, -0.15) is 0 Å². The monoisotopic (exact) mass is 583 g/mol. The van der Waals surface area contributed by atoms with E-state index in [2.05, 4.69) is 9.98 Å². The number of nitrogens with two attached hydrogens (primary N) is 5. The molecule has 0 radical (unpaired) electrons. The third-order valence-corrected chi connectivity index (χ3v) is 7.12. The van der Waals surface area contributed by atoms with Gasteiger partial charge in [0, 0.05) is 0 Å². The van der Waals surface area contributed by atoms with E-state index in [0.717, 1.165) is 6.92 Å². The Hall–Kier alpha value is -2.31. The molecule has 2 heterocycles. The van der Waals surface area contributed by atoms with Crippen LogP contribution in [0.2, 0.25) is 0 Å². The second-order valence-electron chi connectivity index (χ2n) is 9.91. The third kappa shape index (κ3) is 5.72. The van der Waals surface area contributed by atoms with Crippen molar-refractivity contribution in [1.82, 2.24) is 0 Å². The Morgan fingerprint density at radius 1 is 0.875 bits per heavy atom. The molecule has 20 heteroatoms. The van der Waals surface area contributed by atoms with Crippen molar-refractivity contribution in [2.45, 2.75) is 97.8 Å². The van der Waals surface area contributed by atoms with Gasteiger partial charge in [-0.1, -0.05) is 0 Å². The molecule has 3 aliphatic rings. The highest BCUT2D eigenvalue weighted by molar-refractivity contribution is 5.76. The maximum Gasteiger partial charge on any atom is 0.205 e. The van der Waals surface area contributed by atoms with Gasteiger partial charge >= 0.3 is 0 Å². The molecule has 0 aromatic carbocycles. The van der Waals surface area contributed by atoms with E-state index in [4.69, 9.17) is 47.6 Å². The first-order valence-corrected chi connectivity index (χ1v) is 12.0. The minimum atomic E-state index is -2.92. The lowest BCUT2D eigenvalue weighted by molar-refractivity contribution is -0.314. The van der Waals surface area contributed by atoms with Crippen LogP contribution >= 0.6 is 0 Å². The number of carbonyl (C=O) groups is 1.